The Balaban J connectivity index is 1.68. The van der Waals surface area contributed by atoms with Crippen LogP contribution in [-0.4, -0.2) is 46.6 Å². The maximum atomic E-state index is 13.8. The van der Waals surface area contributed by atoms with E-state index in [1.54, 1.807) is 12.3 Å². The third-order valence-corrected chi connectivity index (χ3v) is 5.14. The van der Waals surface area contributed by atoms with Gasteiger partial charge in [-0.25, -0.2) is 13.8 Å². The normalized spacial score (nSPS) is 20.7. The quantitative estimate of drug-likeness (QED) is 0.645. The van der Waals surface area contributed by atoms with Gasteiger partial charge >= 0.3 is 0 Å². The molecule has 1 aromatic carbocycles. The summed E-state index contributed by atoms with van der Waals surface area (Å²) in [6.45, 7) is 7.23. The van der Waals surface area contributed by atoms with Crippen molar-refractivity contribution >= 4 is 5.96 Å². The van der Waals surface area contributed by atoms with Gasteiger partial charge in [0.1, 0.15) is 0 Å². The number of imidazole rings is 1. The third kappa shape index (κ3) is 4.64. The van der Waals surface area contributed by atoms with Crippen LogP contribution in [0.1, 0.15) is 31.9 Å². The largest absolute Gasteiger partial charge is 0.357 e. The molecule has 2 atom stereocenters. The minimum absolute atomic E-state index is 0.339. The number of piperidine rings is 1. The molecule has 2 heterocycles. The van der Waals surface area contributed by atoms with Gasteiger partial charge in [-0.05, 0) is 37.3 Å². The molecule has 0 radical (unpaired) electrons. The highest BCUT2D eigenvalue weighted by Crippen LogP contribution is 2.27. The molecule has 1 fully saturated rings. The topological polar surface area (TPSA) is 45.5 Å². The Morgan fingerprint density at radius 3 is 2.96 bits per heavy atom. The summed E-state index contributed by atoms with van der Waals surface area (Å²) in [6, 6.07) is 4.62. The summed E-state index contributed by atoms with van der Waals surface area (Å²) in [5.74, 6) is -0.202. The standard InChI is InChI=1S/C20H27F2N5/c1-3-24-20(25-9-7-16-5-4-6-17(21)19(16)22)26-11-8-15(2)18(13-26)27-12-10-23-14-27/h4-6,10,12,14-15,18H,3,7-9,11,13H2,1-2H3,(H,24,25). The average molecular weight is 375 g/mol. The van der Waals surface area contributed by atoms with E-state index in [9.17, 15) is 8.78 Å². The van der Waals surface area contributed by atoms with Gasteiger partial charge in [-0.15, -0.1) is 0 Å². The second-order valence-electron chi connectivity index (χ2n) is 6.99. The van der Waals surface area contributed by atoms with Crippen LogP contribution in [0.25, 0.3) is 0 Å². The molecule has 1 aromatic heterocycles. The predicted molar refractivity (Wildman–Crippen MR) is 103 cm³/mol. The highest BCUT2D eigenvalue weighted by atomic mass is 19.2. The van der Waals surface area contributed by atoms with Crippen molar-refractivity contribution in [2.75, 3.05) is 26.2 Å². The van der Waals surface area contributed by atoms with Crippen molar-refractivity contribution in [2.45, 2.75) is 32.7 Å². The van der Waals surface area contributed by atoms with Crippen molar-refractivity contribution in [3.8, 4) is 0 Å². The van der Waals surface area contributed by atoms with Crippen LogP contribution < -0.4 is 5.32 Å². The van der Waals surface area contributed by atoms with Crippen LogP contribution in [0, 0.1) is 17.6 Å². The summed E-state index contributed by atoms with van der Waals surface area (Å²) in [6.07, 6.45) is 7.10. The number of rotatable bonds is 5. The molecule has 0 amide bonds. The molecule has 146 valence electrons. The van der Waals surface area contributed by atoms with Crippen molar-refractivity contribution in [3.63, 3.8) is 0 Å². The van der Waals surface area contributed by atoms with Gasteiger partial charge in [0.2, 0.25) is 0 Å². The molecule has 2 unspecified atom stereocenters. The zero-order chi connectivity index (χ0) is 19.2. The molecule has 1 aliphatic rings. The molecule has 7 heteroatoms. The summed E-state index contributed by atoms with van der Waals surface area (Å²) in [5, 5.41) is 3.33. The van der Waals surface area contributed by atoms with E-state index in [4.69, 9.17) is 0 Å². The monoisotopic (exact) mass is 375 g/mol. The lowest BCUT2D eigenvalue weighted by molar-refractivity contribution is 0.189. The highest BCUT2D eigenvalue weighted by Gasteiger charge is 2.28. The highest BCUT2D eigenvalue weighted by molar-refractivity contribution is 5.80. The van der Waals surface area contributed by atoms with Gasteiger partial charge in [0.15, 0.2) is 17.6 Å². The van der Waals surface area contributed by atoms with Crippen LogP contribution in [0.2, 0.25) is 0 Å². The first-order valence-corrected chi connectivity index (χ1v) is 9.53. The summed E-state index contributed by atoms with van der Waals surface area (Å²) < 4.78 is 29.3. The van der Waals surface area contributed by atoms with Crippen LogP contribution in [0.3, 0.4) is 0 Å². The fourth-order valence-corrected chi connectivity index (χ4v) is 3.54. The molecule has 5 nitrogen and oxygen atoms in total. The van der Waals surface area contributed by atoms with Gasteiger partial charge in [0.25, 0.3) is 0 Å². The third-order valence-electron chi connectivity index (χ3n) is 5.14. The Hall–Kier alpha value is -2.44. The molecule has 1 N–H and O–H groups in total. The van der Waals surface area contributed by atoms with Gasteiger partial charge in [-0.3, -0.25) is 4.99 Å². The number of likely N-dealkylation sites (tertiary alicyclic amines) is 1. The number of benzene rings is 1. The summed E-state index contributed by atoms with van der Waals surface area (Å²) in [5.41, 5.74) is 0.359. The molecule has 2 aromatic rings. The summed E-state index contributed by atoms with van der Waals surface area (Å²) >= 11 is 0. The number of halogens is 2. The minimum atomic E-state index is -0.809. The Morgan fingerprint density at radius 1 is 1.37 bits per heavy atom. The first-order valence-electron chi connectivity index (χ1n) is 9.53. The zero-order valence-corrected chi connectivity index (χ0v) is 15.9. The molecule has 27 heavy (non-hydrogen) atoms. The first-order chi connectivity index (χ1) is 13.1. The fourth-order valence-electron chi connectivity index (χ4n) is 3.54. The van der Waals surface area contributed by atoms with Crippen LogP contribution in [0.4, 0.5) is 8.78 Å². The van der Waals surface area contributed by atoms with Gasteiger partial charge < -0.3 is 14.8 Å². The van der Waals surface area contributed by atoms with E-state index in [1.807, 2.05) is 19.4 Å². The molecule has 0 aliphatic carbocycles. The van der Waals surface area contributed by atoms with Crippen molar-refractivity contribution in [2.24, 2.45) is 10.9 Å². The van der Waals surface area contributed by atoms with Crippen molar-refractivity contribution in [1.29, 1.82) is 0 Å². The molecule has 3 rings (SSSR count). The molecule has 0 spiro atoms. The summed E-state index contributed by atoms with van der Waals surface area (Å²) in [4.78, 5) is 11.1. The predicted octanol–water partition coefficient (Wildman–Crippen LogP) is 3.25. The second kappa shape index (κ2) is 8.97. The minimum Gasteiger partial charge on any atom is -0.357 e. The lowest BCUT2D eigenvalue weighted by atomic mass is 9.93. The van der Waals surface area contributed by atoms with Crippen LogP contribution in [0.15, 0.2) is 41.9 Å². The number of nitrogens with one attached hydrogen (secondary N) is 1. The van der Waals surface area contributed by atoms with Crippen LogP contribution in [0.5, 0.6) is 0 Å². The molecule has 1 saturated heterocycles. The van der Waals surface area contributed by atoms with Gasteiger partial charge in [-0.1, -0.05) is 19.1 Å². The van der Waals surface area contributed by atoms with E-state index in [-0.39, 0.29) is 0 Å². The van der Waals surface area contributed by atoms with Crippen molar-refractivity contribution in [1.82, 2.24) is 19.8 Å². The SMILES string of the molecule is CCNC(=NCCc1cccc(F)c1F)N1CCC(C)C(n2ccnc2)C1. The van der Waals surface area contributed by atoms with Gasteiger partial charge in [0.05, 0.1) is 12.4 Å². The molecule has 0 bridgehead atoms. The van der Waals surface area contributed by atoms with E-state index in [0.717, 1.165) is 38.1 Å². The lowest BCUT2D eigenvalue weighted by Crippen LogP contribution is -2.49. The average Bonchev–Trinajstić information content (AvgIpc) is 3.19. The number of nitrogens with zero attached hydrogens (tertiary/aromatic N) is 4. The fraction of sp³-hybridized carbons (Fsp3) is 0.500. The number of hydrogen-bond acceptors (Lipinski definition) is 2. The van der Waals surface area contributed by atoms with Crippen molar-refractivity contribution in [3.05, 3.63) is 54.1 Å². The Morgan fingerprint density at radius 2 is 2.22 bits per heavy atom. The first kappa shape index (κ1) is 19.3. The van der Waals surface area contributed by atoms with E-state index in [2.05, 4.69) is 31.7 Å². The van der Waals surface area contributed by atoms with Crippen LogP contribution in [-0.2, 0) is 6.42 Å². The smallest absolute Gasteiger partial charge is 0.193 e. The molecular formula is C20H27F2N5. The second-order valence-corrected chi connectivity index (χ2v) is 6.99. The Labute approximate surface area is 159 Å². The van der Waals surface area contributed by atoms with Gasteiger partial charge in [-0.2, -0.15) is 0 Å². The number of guanidine groups is 1. The Kier molecular flexibility index (Phi) is 6.42. The van der Waals surface area contributed by atoms with E-state index >= 15 is 0 Å². The maximum absolute atomic E-state index is 13.8. The van der Waals surface area contributed by atoms with Gasteiger partial charge in [0, 0.05) is 38.6 Å². The van der Waals surface area contributed by atoms with Crippen molar-refractivity contribution < 1.29 is 8.78 Å². The van der Waals surface area contributed by atoms with E-state index in [1.165, 1.54) is 6.07 Å². The van der Waals surface area contributed by atoms with E-state index in [0.29, 0.717) is 30.5 Å². The summed E-state index contributed by atoms with van der Waals surface area (Å²) in [7, 11) is 0. The number of hydrogen-bond donors (Lipinski definition) is 1. The Bertz CT molecular complexity index is 760. The number of aromatic nitrogens is 2. The maximum Gasteiger partial charge on any atom is 0.193 e. The lowest BCUT2D eigenvalue weighted by Gasteiger charge is -2.39. The number of aliphatic imine (C=N–C) groups is 1. The zero-order valence-electron chi connectivity index (χ0n) is 15.9. The molecular weight excluding hydrogens is 348 g/mol. The molecule has 0 saturated carbocycles. The molecule has 1 aliphatic heterocycles. The van der Waals surface area contributed by atoms with Crippen LogP contribution >= 0.6 is 0 Å². The van der Waals surface area contributed by atoms with E-state index < -0.39 is 11.6 Å².